The molecule has 8 nitrogen and oxygen atoms in total. The summed E-state index contributed by atoms with van der Waals surface area (Å²) in [7, 11) is 0. The van der Waals surface area contributed by atoms with Gasteiger partial charge >= 0.3 is 0 Å². The summed E-state index contributed by atoms with van der Waals surface area (Å²) in [6.45, 7) is 0.811. The molecule has 3 rings (SSSR count). The van der Waals surface area contributed by atoms with E-state index in [0.717, 1.165) is 11.1 Å². The number of hydrogen-bond acceptors (Lipinski definition) is 5. The van der Waals surface area contributed by atoms with Crippen molar-refractivity contribution in [3.05, 3.63) is 77.9 Å². The van der Waals surface area contributed by atoms with E-state index >= 15 is 0 Å². The third-order valence-corrected chi connectivity index (χ3v) is 3.76. The number of ether oxygens (including phenoxy) is 1. The zero-order valence-corrected chi connectivity index (χ0v) is 14.5. The fourth-order valence-corrected chi connectivity index (χ4v) is 2.43. The predicted octanol–water partition coefficient (Wildman–Crippen LogP) is 1.12. The van der Waals surface area contributed by atoms with Crippen molar-refractivity contribution in [2.75, 3.05) is 6.61 Å². The van der Waals surface area contributed by atoms with Crippen LogP contribution in [0.2, 0.25) is 0 Å². The summed E-state index contributed by atoms with van der Waals surface area (Å²) in [5.74, 6) is -0.387. The van der Waals surface area contributed by atoms with Gasteiger partial charge in [-0.15, -0.1) is 0 Å². The molecule has 8 heteroatoms. The van der Waals surface area contributed by atoms with E-state index in [2.05, 4.69) is 15.4 Å². The number of nitrogens with one attached hydrogen (secondary N) is 1. The molecule has 1 aromatic heterocycles. The Labute approximate surface area is 156 Å². The van der Waals surface area contributed by atoms with E-state index in [9.17, 15) is 9.59 Å². The lowest BCUT2D eigenvalue weighted by Crippen LogP contribution is -2.23. The summed E-state index contributed by atoms with van der Waals surface area (Å²) < 4.78 is 6.95. The van der Waals surface area contributed by atoms with Gasteiger partial charge in [-0.25, -0.2) is 9.67 Å². The lowest BCUT2D eigenvalue weighted by molar-refractivity contribution is -0.119. The summed E-state index contributed by atoms with van der Waals surface area (Å²) in [4.78, 5) is 27.0. The van der Waals surface area contributed by atoms with Crippen molar-refractivity contribution in [3.63, 3.8) is 0 Å². The van der Waals surface area contributed by atoms with E-state index in [0.29, 0.717) is 24.4 Å². The topological polar surface area (TPSA) is 112 Å². The molecule has 138 valence electrons. The smallest absolute Gasteiger partial charge is 0.255 e. The van der Waals surface area contributed by atoms with Gasteiger partial charge in [-0.2, -0.15) is 5.10 Å². The van der Waals surface area contributed by atoms with Gasteiger partial charge in [0.1, 0.15) is 18.4 Å². The maximum Gasteiger partial charge on any atom is 0.255 e. The zero-order valence-electron chi connectivity index (χ0n) is 14.5. The fourth-order valence-electron chi connectivity index (χ4n) is 2.43. The summed E-state index contributed by atoms with van der Waals surface area (Å²) in [6, 6.07) is 14.5. The van der Waals surface area contributed by atoms with Gasteiger partial charge in [0.05, 0.1) is 6.54 Å². The molecule has 0 atom stereocenters. The Bertz CT molecular complexity index is 907. The first-order valence-electron chi connectivity index (χ1n) is 8.30. The van der Waals surface area contributed by atoms with Crippen molar-refractivity contribution in [1.29, 1.82) is 0 Å². The first-order chi connectivity index (χ1) is 13.1. The Morgan fingerprint density at radius 1 is 1.11 bits per heavy atom. The number of aromatic nitrogens is 3. The number of nitrogens with two attached hydrogens (primary N) is 1. The number of carbonyl (C=O) groups is 2. The minimum Gasteiger partial charge on any atom is -0.484 e. The Morgan fingerprint density at radius 3 is 2.59 bits per heavy atom. The molecule has 2 amide bonds. The number of carbonyl (C=O) groups excluding carboxylic acids is 2. The molecule has 3 N–H and O–H groups in total. The highest BCUT2D eigenvalue weighted by atomic mass is 16.5. The molecular formula is C19H19N5O3. The van der Waals surface area contributed by atoms with Crippen LogP contribution in [0, 0.1) is 0 Å². The van der Waals surface area contributed by atoms with E-state index in [4.69, 9.17) is 10.5 Å². The van der Waals surface area contributed by atoms with Crippen LogP contribution in [0.1, 0.15) is 21.5 Å². The molecule has 0 radical (unpaired) electrons. The van der Waals surface area contributed by atoms with E-state index in [1.54, 1.807) is 35.3 Å². The van der Waals surface area contributed by atoms with Gasteiger partial charge in [-0.3, -0.25) is 9.59 Å². The van der Waals surface area contributed by atoms with Crippen LogP contribution in [0.25, 0.3) is 0 Å². The van der Waals surface area contributed by atoms with Crippen molar-refractivity contribution >= 4 is 11.8 Å². The van der Waals surface area contributed by atoms with Crippen molar-refractivity contribution in [1.82, 2.24) is 20.1 Å². The summed E-state index contributed by atoms with van der Waals surface area (Å²) in [6.07, 6.45) is 3.16. The molecule has 1 heterocycles. The van der Waals surface area contributed by atoms with Crippen molar-refractivity contribution in [2.24, 2.45) is 5.73 Å². The van der Waals surface area contributed by atoms with Gasteiger partial charge in [-0.05, 0) is 29.3 Å². The highest BCUT2D eigenvalue weighted by Crippen LogP contribution is 2.13. The minimum absolute atomic E-state index is 0.230. The molecule has 0 saturated heterocycles. The standard InChI is InChI=1S/C19H19N5O3/c20-18(25)11-27-17-3-1-2-16(8-17)19(26)22-9-14-4-6-15(7-5-14)10-24-13-21-12-23-24/h1-8,12-13H,9-11H2,(H2,20,25)(H,22,26). The molecule has 0 saturated carbocycles. The monoisotopic (exact) mass is 365 g/mol. The van der Waals surface area contributed by atoms with E-state index in [1.807, 2.05) is 24.3 Å². The first kappa shape index (κ1) is 18.1. The van der Waals surface area contributed by atoms with E-state index in [-0.39, 0.29) is 12.5 Å². The third-order valence-electron chi connectivity index (χ3n) is 3.76. The van der Waals surface area contributed by atoms with E-state index < -0.39 is 5.91 Å². The minimum atomic E-state index is -0.572. The second-order valence-electron chi connectivity index (χ2n) is 5.88. The van der Waals surface area contributed by atoms with Gasteiger partial charge in [0.2, 0.25) is 0 Å². The number of rotatable bonds is 8. The van der Waals surface area contributed by atoms with Gasteiger partial charge in [0.25, 0.3) is 11.8 Å². The second kappa shape index (κ2) is 8.61. The van der Waals surface area contributed by atoms with Crippen LogP contribution < -0.4 is 15.8 Å². The molecule has 0 unspecified atom stereocenters. The molecule has 0 aliphatic rings. The Balaban J connectivity index is 1.54. The molecule has 3 aromatic rings. The molecule has 27 heavy (non-hydrogen) atoms. The summed E-state index contributed by atoms with van der Waals surface area (Å²) >= 11 is 0. The summed E-state index contributed by atoms with van der Waals surface area (Å²) in [5.41, 5.74) is 7.56. The van der Waals surface area contributed by atoms with Crippen LogP contribution in [-0.4, -0.2) is 33.2 Å². The third kappa shape index (κ3) is 5.40. The largest absolute Gasteiger partial charge is 0.484 e. The normalized spacial score (nSPS) is 10.4. The van der Waals surface area contributed by atoms with Crippen LogP contribution in [0.4, 0.5) is 0 Å². The van der Waals surface area contributed by atoms with Crippen LogP contribution in [0.5, 0.6) is 5.75 Å². The molecule has 0 aliphatic carbocycles. The SMILES string of the molecule is NC(=O)COc1cccc(C(=O)NCc2ccc(Cn3cncn3)cc2)c1. The first-order valence-corrected chi connectivity index (χ1v) is 8.30. The molecule has 0 fully saturated rings. The van der Waals surface area contributed by atoms with Crippen LogP contribution in [-0.2, 0) is 17.9 Å². The van der Waals surface area contributed by atoms with Gasteiger partial charge in [0.15, 0.2) is 6.61 Å². The van der Waals surface area contributed by atoms with Gasteiger partial charge in [0, 0.05) is 12.1 Å². The number of benzene rings is 2. The highest BCUT2D eigenvalue weighted by molar-refractivity contribution is 5.94. The van der Waals surface area contributed by atoms with Crippen LogP contribution in [0.15, 0.2) is 61.2 Å². The molecule has 0 spiro atoms. The van der Waals surface area contributed by atoms with Gasteiger partial charge in [-0.1, -0.05) is 30.3 Å². The maximum atomic E-state index is 12.3. The zero-order chi connectivity index (χ0) is 19.1. The molecule has 2 aromatic carbocycles. The Morgan fingerprint density at radius 2 is 1.89 bits per heavy atom. The number of hydrogen-bond donors (Lipinski definition) is 2. The maximum absolute atomic E-state index is 12.3. The number of amides is 2. The van der Waals surface area contributed by atoms with Crippen LogP contribution >= 0.6 is 0 Å². The lowest BCUT2D eigenvalue weighted by Gasteiger charge is -2.08. The average Bonchev–Trinajstić information content (AvgIpc) is 3.19. The van der Waals surface area contributed by atoms with Crippen molar-refractivity contribution < 1.29 is 14.3 Å². The predicted molar refractivity (Wildman–Crippen MR) is 97.9 cm³/mol. The lowest BCUT2D eigenvalue weighted by atomic mass is 10.1. The summed E-state index contributed by atoms with van der Waals surface area (Å²) in [5, 5.41) is 6.93. The molecule has 0 bridgehead atoms. The van der Waals surface area contributed by atoms with E-state index in [1.165, 1.54) is 6.33 Å². The van der Waals surface area contributed by atoms with Gasteiger partial charge < -0.3 is 15.8 Å². The van der Waals surface area contributed by atoms with Crippen LogP contribution in [0.3, 0.4) is 0 Å². The molecule has 0 aliphatic heterocycles. The fraction of sp³-hybridized carbons (Fsp3) is 0.158. The highest BCUT2D eigenvalue weighted by Gasteiger charge is 2.07. The Hall–Kier alpha value is -3.68. The Kier molecular flexibility index (Phi) is 5.78. The second-order valence-corrected chi connectivity index (χ2v) is 5.88. The van der Waals surface area contributed by atoms with Crippen molar-refractivity contribution in [3.8, 4) is 5.75 Å². The van der Waals surface area contributed by atoms with Crippen molar-refractivity contribution in [2.45, 2.75) is 13.1 Å². The quantitative estimate of drug-likeness (QED) is 0.621. The molecular weight excluding hydrogens is 346 g/mol. The average molecular weight is 365 g/mol. The number of primary amides is 1. The number of nitrogens with zero attached hydrogens (tertiary/aromatic N) is 3.